The first-order chi connectivity index (χ1) is 14.0. The van der Waals surface area contributed by atoms with E-state index >= 15 is 0 Å². The normalized spacial score (nSPS) is 11.5. The monoisotopic (exact) mass is 396 g/mol. The SMILES string of the molecule is CCOC(=O)CC(NC(=O)CCCCc1ccc(C(=N)N)cc1)c1ccccn1. The van der Waals surface area contributed by atoms with Gasteiger partial charge in [-0.3, -0.25) is 20.0 Å². The summed E-state index contributed by atoms with van der Waals surface area (Å²) in [6, 6.07) is 12.5. The molecule has 4 N–H and O–H groups in total. The highest BCUT2D eigenvalue weighted by molar-refractivity contribution is 5.94. The number of aromatic nitrogens is 1. The van der Waals surface area contributed by atoms with Crippen molar-refractivity contribution < 1.29 is 14.3 Å². The number of ether oxygens (including phenoxy) is 1. The van der Waals surface area contributed by atoms with Crippen molar-refractivity contribution in [1.29, 1.82) is 5.41 Å². The number of unbranched alkanes of at least 4 members (excludes halogenated alkanes) is 1. The Hall–Kier alpha value is -3.22. The van der Waals surface area contributed by atoms with Crippen LogP contribution in [0.4, 0.5) is 0 Å². The lowest BCUT2D eigenvalue weighted by atomic mass is 10.0. The van der Waals surface area contributed by atoms with Crippen molar-refractivity contribution in [3.63, 3.8) is 0 Å². The summed E-state index contributed by atoms with van der Waals surface area (Å²) in [6.07, 6.45) is 4.50. The van der Waals surface area contributed by atoms with E-state index in [4.69, 9.17) is 15.9 Å². The lowest BCUT2D eigenvalue weighted by molar-refractivity contribution is -0.143. The summed E-state index contributed by atoms with van der Waals surface area (Å²) in [5.41, 5.74) is 7.94. The van der Waals surface area contributed by atoms with E-state index in [0.717, 1.165) is 24.8 Å². The summed E-state index contributed by atoms with van der Waals surface area (Å²) in [6.45, 7) is 2.05. The van der Waals surface area contributed by atoms with Crippen LogP contribution in [0, 0.1) is 5.41 Å². The molecule has 0 aliphatic rings. The zero-order valence-corrected chi connectivity index (χ0v) is 16.7. The average Bonchev–Trinajstić information content (AvgIpc) is 2.72. The van der Waals surface area contributed by atoms with Crippen molar-refractivity contribution in [3.8, 4) is 0 Å². The van der Waals surface area contributed by atoms with Crippen molar-refractivity contribution in [3.05, 3.63) is 65.5 Å². The van der Waals surface area contributed by atoms with Crippen molar-refractivity contribution >= 4 is 17.7 Å². The number of carbonyl (C=O) groups excluding carboxylic acids is 2. The van der Waals surface area contributed by atoms with E-state index in [2.05, 4.69) is 10.3 Å². The Bertz CT molecular complexity index is 807. The molecular formula is C22H28N4O3. The number of rotatable bonds is 11. The van der Waals surface area contributed by atoms with E-state index in [9.17, 15) is 9.59 Å². The molecule has 154 valence electrons. The average molecular weight is 396 g/mol. The fraction of sp³-hybridized carbons (Fsp3) is 0.364. The Morgan fingerprint density at radius 1 is 1.17 bits per heavy atom. The Kier molecular flexibility index (Phi) is 8.82. The standard InChI is InChI=1S/C22H28N4O3/c1-2-29-21(28)15-19(18-8-5-6-14-25-18)26-20(27)9-4-3-7-16-10-12-17(13-11-16)22(23)24/h5-6,8,10-14,19H,2-4,7,9,15H2,1H3,(H3,23,24)(H,26,27). The number of hydrogen-bond donors (Lipinski definition) is 3. The molecule has 1 atom stereocenters. The van der Waals surface area contributed by atoms with Crippen LogP contribution in [0.2, 0.25) is 0 Å². The highest BCUT2D eigenvalue weighted by atomic mass is 16.5. The van der Waals surface area contributed by atoms with Crippen LogP contribution >= 0.6 is 0 Å². The van der Waals surface area contributed by atoms with Gasteiger partial charge in [-0.05, 0) is 43.9 Å². The fourth-order valence-corrected chi connectivity index (χ4v) is 2.93. The van der Waals surface area contributed by atoms with Crippen LogP contribution in [-0.2, 0) is 20.7 Å². The number of nitrogen functional groups attached to an aromatic ring is 1. The third-order valence-corrected chi connectivity index (χ3v) is 4.44. The Balaban J connectivity index is 1.81. The molecule has 29 heavy (non-hydrogen) atoms. The van der Waals surface area contributed by atoms with Crippen LogP contribution < -0.4 is 11.1 Å². The van der Waals surface area contributed by atoms with E-state index in [-0.39, 0.29) is 24.1 Å². The molecule has 1 amide bonds. The number of aryl methyl sites for hydroxylation is 1. The van der Waals surface area contributed by atoms with Gasteiger partial charge >= 0.3 is 5.97 Å². The molecule has 7 nitrogen and oxygen atoms in total. The van der Waals surface area contributed by atoms with Crippen molar-refractivity contribution in [2.45, 2.75) is 45.1 Å². The lowest BCUT2D eigenvalue weighted by Crippen LogP contribution is -2.31. The van der Waals surface area contributed by atoms with Gasteiger partial charge in [0.15, 0.2) is 0 Å². The van der Waals surface area contributed by atoms with Gasteiger partial charge in [0.25, 0.3) is 0 Å². The van der Waals surface area contributed by atoms with Gasteiger partial charge in [0.05, 0.1) is 24.8 Å². The van der Waals surface area contributed by atoms with Gasteiger partial charge in [0, 0.05) is 18.2 Å². The van der Waals surface area contributed by atoms with Crippen LogP contribution in [0.15, 0.2) is 48.7 Å². The highest BCUT2D eigenvalue weighted by Gasteiger charge is 2.20. The van der Waals surface area contributed by atoms with Gasteiger partial charge in [-0.1, -0.05) is 30.3 Å². The first kappa shape index (κ1) is 22.1. The van der Waals surface area contributed by atoms with Crippen molar-refractivity contribution in [1.82, 2.24) is 10.3 Å². The van der Waals surface area contributed by atoms with E-state index in [1.807, 2.05) is 30.3 Å². The molecule has 0 aliphatic heterocycles. The number of pyridine rings is 1. The quantitative estimate of drug-likeness (QED) is 0.234. The summed E-state index contributed by atoms with van der Waals surface area (Å²) in [7, 11) is 0. The number of nitrogens with zero attached hydrogens (tertiary/aromatic N) is 1. The van der Waals surface area contributed by atoms with E-state index in [1.165, 1.54) is 0 Å². The summed E-state index contributed by atoms with van der Waals surface area (Å²) >= 11 is 0. The summed E-state index contributed by atoms with van der Waals surface area (Å²) in [5, 5.41) is 10.3. The second-order valence-electron chi connectivity index (χ2n) is 6.70. The molecule has 7 heteroatoms. The zero-order valence-electron chi connectivity index (χ0n) is 16.7. The maximum atomic E-state index is 12.4. The molecule has 0 bridgehead atoms. The number of esters is 1. The van der Waals surface area contributed by atoms with E-state index in [1.54, 1.807) is 25.3 Å². The summed E-state index contributed by atoms with van der Waals surface area (Å²) < 4.78 is 5.01. The number of amides is 1. The van der Waals surface area contributed by atoms with Gasteiger partial charge < -0.3 is 15.8 Å². The fourth-order valence-electron chi connectivity index (χ4n) is 2.93. The molecule has 0 saturated carbocycles. The molecule has 0 radical (unpaired) electrons. The van der Waals surface area contributed by atoms with Crippen molar-refractivity contribution in [2.24, 2.45) is 5.73 Å². The van der Waals surface area contributed by atoms with Crippen LogP contribution in [0.1, 0.15) is 55.5 Å². The molecule has 1 heterocycles. The molecule has 1 aromatic carbocycles. The van der Waals surface area contributed by atoms with Gasteiger partial charge in [-0.2, -0.15) is 0 Å². The number of benzene rings is 1. The number of nitrogens with one attached hydrogen (secondary N) is 2. The van der Waals surface area contributed by atoms with Crippen LogP contribution in [0.3, 0.4) is 0 Å². The minimum Gasteiger partial charge on any atom is -0.466 e. The molecule has 2 rings (SSSR count). The molecule has 0 spiro atoms. The molecule has 1 unspecified atom stereocenters. The van der Waals surface area contributed by atoms with E-state index in [0.29, 0.717) is 24.3 Å². The molecule has 2 aromatic rings. The minimum atomic E-state index is -0.498. The topological polar surface area (TPSA) is 118 Å². The Labute approximate surface area is 171 Å². The minimum absolute atomic E-state index is 0.0542. The molecule has 0 fully saturated rings. The van der Waals surface area contributed by atoms with Crippen LogP contribution in [-0.4, -0.2) is 29.3 Å². The molecule has 0 saturated heterocycles. The molecular weight excluding hydrogens is 368 g/mol. The highest BCUT2D eigenvalue weighted by Crippen LogP contribution is 2.16. The predicted octanol–water partition coefficient (Wildman–Crippen LogP) is 2.89. The number of carbonyl (C=O) groups is 2. The second kappa shape index (κ2) is 11.6. The van der Waals surface area contributed by atoms with E-state index < -0.39 is 6.04 Å². The smallest absolute Gasteiger partial charge is 0.308 e. The van der Waals surface area contributed by atoms with Crippen LogP contribution in [0.25, 0.3) is 0 Å². The van der Waals surface area contributed by atoms with Gasteiger partial charge in [0.1, 0.15) is 5.84 Å². The van der Waals surface area contributed by atoms with Crippen molar-refractivity contribution in [2.75, 3.05) is 6.61 Å². The zero-order chi connectivity index (χ0) is 21.1. The first-order valence-corrected chi connectivity index (χ1v) is 9.78. The van der Waals surface area contributed by atoms with Gasteiger partial charge in [-0.25, -0.2) is 0 Å². The maximum absolute atomic E-state index is 12.4. The second-order valence-corrected chi connectivity index (χ2v) is 6.70. The predicted molar refractivity (Wildman–Crippen MR) is 111 cm³/mol. The Morgan fingerprint density at radius 2 is 1.93 bits per heavy atom. The molecule has 0 aliphatic carbocycles. The number of amidine groups is 1. The Morgan fingerprint density at radius 3 is 2.55 bits per heavy atom. The molecule has 1 aromatic heterocycles. The summed E-state index contributed by atoms with van der Waals surface area (Å²) in [5.74, 6) is -0.423. The lowest BCUT2D eigenvalue weighted by Gasteiger charge is -2.17. The van der Waals surface area contributed by atoms with Crippen LogP contribution in [0.5, 0.6) is 0 Å². The van der Waals surface area contributed by atoms with Gasteiger partial charge in [0.2, 0.25) is 5.91 Å². The van der Waals surface area contributed by atoms with Gasteiger partial charge in [-0.15, -0.1) is 0 Å². The first-order valence-electron chi connectivity index (χ1n) is 9.78. The summed E-state index contributed by atoms with van der Waals surface area (Å²) in [4.78, 5) is 28.5. The number of nitrogens with two attached hydrogens (primary N) is 1. The third kappa shape index (κ3) is 7.73. The maximum Gasteiger partial charge on any atom is 0.308 e. The third-order valence-electron chi connectivity index (χ3n) is 4.44. The largest absolute Gasteiger partial charge is 0.466 e. The number of hydrogen-bond acceptors (Lipinski definition) is 5.